The number of anilines is 1. The Balaban J connectivity index is 1.59. The quantitative estimate of drug-likeness (QED) is 0.908. The number of carbonyl (C=O) groups is 2. The molecule has 0 spiro atoms. The van der Waals surface area contributed by atoms with E-state index in [1.807, 2.05) is 12.1 Å². The van der Waals surface area contributed by atoms with Crippen molar-refractivity contribution < 1.29 is 18.7 Å². The number of amides is 2. The van der Waals surface area contributed by atoms with Gasteiger partial charge < -0.3 is 15.4 Å². The van der Waals surface area contributed by atoms with E-state index in [1.54, 1.807) is 12.1 Å². The van der Waals surface area contributed by atoms with Crippen LogP contribution >= 0.6 is 0 Å². The van der Waals surface area contributed by atoms with Gasteiger partial charge in [0.25, 0.3) is 11.8 Å². The van der Waals surface area contributed by atoms with E-state index in [9.17, 15) is 14.0 Å². The lowest BCUT2D eigenvalue weighted by atomic mass is 10.1. The van der Waals surface area contributed by atoms with Gasteiger partial charge in [-0.25, -0.2) is 4.39 Å². The van der Waals surface area contributed by atoms with Crippen LogP contribution in [0.25, 0.3) is 0 Å². The minimum Gasteiger partial charge on any atom is -0.482 e. The molecular formula is C17H15FN2O3. The van der Waals surface area contributed by atoms with Gasteiger partial charge in [-0.15, -0.1) is 0 Å². The molecule has 3 rings (SSSR count). The Hall–Kier alpha value is -2.89. The SMILES string of the molecule is O=C1COc2ccc(CCNC(=O)c3ccccc3F)cc2N1. The van der Waals surface area contributed by atoms with Crippen molar-refractivity contribution >= 4 is 17.5 Å². The summed E-state index contributed by atoms with van der Waals surface area (Å²) in [5.74, 6) is -0.553. The minimum atomic E-state index is -0.543. The number of rotatable bonds is 4. The second-order valence-electron chi connectivity index (χ2n) is 5.15. The summed E-state index contributed by atoms with van der Waals surface area (Å²) in [5, 5.41) is 5.41. The first kappa shape index (κ1) is 15.0. The summed E-state index contributed by atoms with van der Waals surface area (Å²) >= 11 is 0. The highest BCUT2D eigenvalue weighted by atomic mass is 19.1. The van der Waals surface area contributed by atoms with Crippen LogP contribution in [0.4, 0.5) is 10.1 Å². The molecule has 0 fully saturated rings. The van der Waals surface area contributed by atoms with Gasteiger partial charge in [0.15, 0.2) is 6.61 Å². The van der Waals surface area contributed by atoms with Crippen LogP contribution in [-0.4, -0.2) is 25.0 Å². The molecule has 2 N–H and O–H groups in total. The van der Waals surface area contributed by atoms with Gasteiger partial charge >= 0.3 is 0 Å². The zero-order valence-electron chi connectivity index (χ0n) is 12.3. The Bertz CT molecular complexity index is 761. The van der Waals surface area contributed by atoms with Crippen LogP contribution in [0.2, 0.25) is 0 Å². The highest BCUT2D eigenvalue weighted by Gasteiger charge is 2.16. The molecule has 118 valence electrons. The summed E-state index contributed by atoms with van der Waals surface area (Å²) in [6, 6.07) is 11.3. The molecule has 0 saturated heterocycles. The van der Waals surface area contributed by atoms with E-state index >= 15 is 0 Å². The van der Waals surface area contributed by atoms with Crippen molar-refractivity contribution in [2.24, 2.45) is 0 Å². The molecule has 2 aromatic carbocycles. The fourth-order valence-electron chi connectivity index (χ4n) is 2.35. The molecule has 0 aromatic heterocycles. The van der Waals surface area contributed by atoms with Gasteiger partial charge in [0, 0.05) is 6.54 Å². The minimum absolute atomic E-state index is 0.0189. The van der Waals surface area contributed by atoms with Gasteiger partial charge in [0.1, 0.15) is 11.6 Å². The van der Waals surface area contributed by atoms with Gasteiger partial charge in [-0.05, 0) is 36.2 Å². The predicted octanol–water partition coefficient (Wildman–Crippen LogP) is 2.13. The number of halogens is 1. The molecule has 0 saturated carbocycles. The normalized spacial score (nSPS) is 12.8. The number of hydrogen-bond donors (Lipinski definition) is 2. The number of fused-ring (bicyclic) bond motifs is 1. The van der Waals surface area contributed by atoms with Crippen molar-refractivity contribution in [1.29, 1.82) is 0 Å². The topological polar surface area (TPSA) is 67.4 Å². The lowest BCUT2D eigenvalue weighted by Crippen LogP contribution is -2.27. The fraction of sp³-hybridized carbons (Fsp3) is 0.176. The lowest BCUT2D eigenvalue weighted by molar-refractivity contribution is -0.118. The Morgan fingerprint density at radius 1 is 1.26 bits per heavy atom. The van der Waals surface area contributed by atoms with Crippen LogP contribution in [0.3, 0.4) is 0 Å². The summed E-state index contributed by atoms with van der Waals surface area (Å²) in [4.78, 5) is 23.2. The molecule has 1 aliphatic rings. The molecule has 2 aromatic rings. The van der Waals surface area contributed by atoms with Crippen LogP contribution in [0, 0.1) is 5.82 Å². The molecule has 0 aliphatic carbocycles. The molecule has 2 amide bonds. The first-order valence-electron chi connectivity index (χ1n) is 7.22. The number of carbonyl (C=O) groups excluding carboxylic acids is 2. The summed E-state index contributed by atoms with van der Waals surface area (Å²) in [7, 11) is 0. The highest BCUT2D eigenvalue weighted by molar-refractivity contribution is 5.95. The molecule has 6 heteroatoms. The van der Waals surface area contributed by atoms with E-state index in [-0.39, 0.29) is 18.1 Å². The van der Waals surface area contributed by atoms with Crippen molar-refractivity contribution in [3.63, 3.8) is 0 Å². The summed E-state index contributed by atoms with van der Waals surface area (Å²) < 4.78 is 18.8. The van der Waals surface area contributed by atoms with Crippen molar-refractivity contribution in [1.82, 2.24) is 5.32 Å². The Kier molecular flexibility index (Phi) is 4.23. The third-order valence-electron chi connectivity index (χ3n) is 3.49. The summed E-state index contributed by atoms with van der Waals surface area (Å²) in [6.45, 7) is 0.381. The second kappa shape index (κ2) is 6.48. The van der Waals surface area contributed by atoms with Gasteiger partial charge in [-0.1, -0.05) is 18.2 Å². The van der Waals surface area contributed by atoms with E-state index in [1.165, 1.54) is 18.2 Å². The first-order chi connectivity index (χ1) is 11.1. The summed E-state index contributed by atoms with van der Waals surface area (Å²) in [5.41, 5.74) is 1.58. The Morgan fingerprint density at radius 2 is 2.09 bits per heavy atom. The average molecular weight is 314 g/mol. The predicted molar refractivity (Wildman–Crippen MR) is 83.0 cm³/mol. The van der Waals surface area contributed by atoms with Crippen LogP contribution < -0.4 is 15.4 Å². The molecule has 0 atom stereocenters. The third-order valence-corrected chi connectivity index (χ3v) is 3.49. The molecule has 0 bridgehead atoms. The molecule has 1 heterocycles. The maximum atomic E-state index is 13.5. The van der Waals surface area contributed by atoms with Crippen molar-refractivity contribution in [3.8, 4) is 5.75 Å². The standard InChI is InChI=1S/C17H15FN2O3/c18-13-4-2-1-3-12(13)17(22)19-8-7-11-5-6-15-14(9-11)20-16(21)10-23-15/h1-6,9H,7-8,10H2,(H,19,22)(H,20,21). The van der Waals surface area contributed by atoms with E-state index in [0.717, 1.165) is 5.56 Å². The van der Waals surface area contributed by atoms with E-state index in [0.29, 0.717) is 24.4 Å². The largest absolute Gasteiger partial charge is 0.482 e. The maximum absolute atomic E-state index is 13.5. The lowest BCUT2D eigenvalue weighted by Gasteiger charge is -2.18. The van der Waals surface area contributed by atoms with Gasteiger partial charge in [0.05, 0.1) is 11.3 Å². The van der Waals surface area contributed by atoms with Crippen LogP contribution in [0.1, 0.15) is 15.9 Å². The number of benzene rings is 2. The Morgan fingerprint density at radius 3 is 2.91 bits per heavy atom. The first-order valence-corrected chi connectivity index (χ1v) is 7.22. The monoisotopic (exact) mass is 314 g/mol. The van der Waals surface area contributed by atoms with E-state index in [2.05, 4.69) is 10.6 Å². The van der Waals surface area contributed by atoms with Gasteiger partial charge in [0.2, 0.25) is 0 Å². The van der Waals surface area contributed by atoms with Crippen molar-refractivity contribution in [3.05, 3.63) is 59.4 Å². The van der Waals surface area contributed by atoms with E-state index in [4.69, 9.17) is 4.74 Å². The average Bonchev–Trinajstić information content (AvgIpc) is 2.54. The highest BCUT2D eigenvalue weighted by Crippen LogP contribution is 2.28. The smallest absolute Gasteiger partial charge is 0.262 e. The fourth-order valence-corrected chi connectivity index (χ4v) is 2.35. The van der Waals surface area contributed by atoms with Crippen molar-refractivity contribution in [2.45, 2.75) is 6.42 Å². The van der Waals surface area contributed by atoms with Crippen LogP contribution in [0.15, 0.2) is 42.5 Å². The zero-order chi connectivity index (χ0) is 16.2. The number of nitrogens with one attached hydrogen (secondary N) is 2. The number of ether oxygens (including phenoxy) is 1. The summed E-state index contributed by atoms with van der Waals surface area (Å²) in [6.07, 6.45) is 0.559. The van der Waals surface area contributed by atoms with Gasteiger partial charge in [-0.3, -0.25) is 9.59 Å². The molecule has 23 heavy (non-hydrogen) atoms. The molecule has 0 unspecified atom stereocenters. The molecular weight excluding hydrogens is 299 g/mol. The van der Waals surface area contributed by atoms with Crippen LogP contribution in [-0.2, 0) is 11.2 Å². The number of hydrogen-bond acceptors (Lipinski definition) is 3. The van der Waals surface area contributed by atoms with Gasteiger partial charge in [-0.2, -0.15) is 0 Å². The molecule has 5 nitrogen and oxygen atoms in total. The Labute approximate surface area is 132 Å². The molecule has 1 aliphatic heterocycles. The molecule has 0 radical (unpaired) electrons. The third kappa shape index (κ3) is 3.48. The second-order valence-corrected chi connectivity index (χ2v) is 5.15. The zero-order valence-corrected chi connectivity index (χ0v) is 12.3. The van der Waals surface area contributed by atoms with Crippen molar-refractivity contribution in [2.75, 3.05) is 18.5 Å². The van der Waals surface area contributed by atoms with Crippen LogP contribution in [0.5, 0.6) is 5.75 Å². The maximum Gasteiger partial charge on any atom is 0.262 e. The van der Waals surface area contributed by atoms with E-state index < -0.39 is 11.7 Å².